The zero-order valence-electron chi connectivity index (χ0n) is 13.9. The van der Waals surface area contributed by atoms with Crippen molar-refractivity contribution in [2.75, 3.05) is 5.32 Å². The van der Waals surface area contributed by atoms with Crippen molar-refractivity contribution in [1.82, 2.24) is 14.8 Å². The van der Waals surface area contributed by atoms with E-state index in [0.29, 0.717) is 0 Å². The van der Waals surface area contributed by atoms with Crippen LogP contribution in [0.15, 0.2) is 41.9 Å². The van der Waals surface area contributed by atoms with Crippen LogP contribution < -0.4 is 5.32 Å². The summed E-state index contributed by atoms with van der Waals surface area (Å²) >= 11 is 1.17. The minimum absolute atomic E-state index is 0.156. The van der Waals surface area contributed by atoms with Gasteiger partial charge in [-0.15, -0.1) is 11.3 Å². The van der Waals surface area contributed by atoms with Gasteiger partial charge in [0.15, 0.2) is 10.8 Å². The van der Waals surface area contributed by atoms with E-state index in [2.05, 4.69) is 15.4 Å². The van der Waals surface area contributed by atoms with Crippen molar-refractivity contribution in [3.05, 3.63) is 58.9 Å². The lowest BCUT2D eigenvalue weighted by Gasteiger charge is -2.12. The Balaban J connectivity index is 1.96. The van der Waals surface area contributed by atoms with Gasteiger partial charge in [0.1, 0.15) is 0 Å². The van der Waals surface area contributed by atoms with Crippen molar-refractivity contribution in [1.29, 1.82) is 0 Å². The third kappa shape index (κ3) is 3.62. The predicted octanol–water partition coefficient (Wildman–Crippen LogP) is 4.72. The zero-order valence-corrected chi connectivity index (χ0v) is 14.7. The number of alkyl halides is 3. The SMILES string of the molecule is CC(C)c1csc(NC(=O)c2cnn(-c3ccccc3)c2C(F)(F)F)n1. The van der Waals surface area contributed by atoms with Crippen molar-refractivity contribution in [2.24, 2.45) is 0 Å². The van der Waals surface area contributed by atoms with Gasteiger partial charge >= 0.3 is 6.18 Å². The van der Waals surface area contributed by atoms with Gasteiger partial charge in [0, 0.05) is 5.38 Å². The highest BCUT2D eigenvalue weighted by molar-refractivity contribution is 7.14. The summed E-state index contributed by atoms with van der Waals surface area (Å²) in [6.45, 7) is 3.87. The largest absolute Gasteiger partial charge is 0.434 e. The Bertz CT molecular complexity index is 916. The average Bonchev–Trinajstić information content (AvgIpc) is 3.22. The Morgan fingerprint density at radius 3 is 2.50 bits per heavy atom. The summed E-state index contributed by atoms with van der Waals surface area (Å²) in [7, 11) is 0. The molecule has 1 aromatic carbocycles. The Morgan fingerprint density at radius 2 is 1.92 bits per heavy atom. The molecule has 0 aliphatic carbocycles. The van der Waals surface area contributed by atoms with Crippen LogP contribution in [-0.4, -0.2) is 20.7 Å². The lowest BCUT2D eigenvalue weighted by Crippen LogP contribution is -2.20. The van der Waals surface area contributed by atoms with Gasteiger partial charge in [-0.1, -0.05) is 32.0 Å². The Morgan fingerprint density at radius 1 is 1.23 bits per heavy atom. The summed E-state index contributed by atoms with van der Waals surface area (Å²) in [5.41, 5.74) is -0.693. The minimum atomic E-state index is -4.75. The number of hydrogen-bond acceptors (Lipinski definition) is 4. The van der Waals surface area contributed by atoms with Crippen molar-refractivity contribution in [3.8, 4) is 5.69 Å². The standard InChI is InChI=1S/C17H15F3N4OS/c1-10(2)13-9-26-16(22-13)23-15(25)12-8-21-24(14(12)17(18,19)20)11-6-4-3-5-7-11/h3-10H,1-2H3,(H,22,23,25). The van der Waals surface area contributed by atoms with E-state index in [1.807, 2.05) is 13.8 Å². The second-order valence-electron chi connectivity index (χ2n) is 5.84. The van der Waals surface area contributed by atoms with Crippen molar-refractivity contribution < 1.29 is 18.0 Å². The maximum Gasteiger partial charge on any atom is 0.434 e. The second-order valence-corrected chi connectivity index (χ2v) is 6.70. The molecule has 2 aromatic heterocycles. The molecule has 0 aliphatic rings. The predicted molar refractivity (Wildman–Crippen MR) is 92.7 cm³/mol. The summed E-state index contributed by atoms with van der Waals surface area (Å²) < 4.78 is 41.5. The molecule has 136 valence electrons. The molecule has 0 saturated carbocycles. The van der Waals surface area contributed by atoms with Gasteiger partial charge in [-0.3, -0.25) is 10.1 Å². The molecular formula is C17H15F3N4OS. The van der Waals surface area contributed by atoms with E-state index in [9.17, 15) is 18.0 Å². The molecule has 2 heterocycles. The summed E-state index contributed by atoms with van der Waals surface area (Å²) in [6, 6.07) is 7.85. The number of hydrogen-bond donors (Lipinski definition) is 1. The number of anilines is 1. The van der Waals surface area contributed by atoms with E-state index in [4.69, 9.17) is 0 Å². The van der Waals surface area contributed by atoms with Crippen LogP contribution in [0.4, 0.5) is 18.3 Å². The average molecular weight is 380 g/mol. The number of halogens is 3. The summed E-state index contributed by atoms with van der Waals surface area (Å²) in [4.78, 5) is 16.6. The van der Waals surface area contributed by atoms with Gasteiger partial charge in [-0.25, -0.2) is 9.67 Å². The third-order valence-corrected chi connectivity index (χ3v) is 4.39. The molecular weight excluding hydrogens is 365 g/mol. The number of aromatic nitrogens is 3. The number of nitrogens with one attached hydrogen (secondary N) is 1. The number of rotatable bonds is 4. The number of carbonyl (C=O) groups excluding carboxylic acids is 1. The summed E-state index contributed by atoms with van der Waals surface area (Å²) in [5, 5.41) is 8.21. The van der Waals surface area contributed by atoms with Crippen LogP contribution in [0.1, 0.15) is 41.5 Å². The molecule has 0 atom stereocenters. The highest BCUT2D eigenvalue weighted by Crippen LogP contribution is 2.34. The maximum absolute atomic E-state index is 13.6. The van der Waals surface area contributed by atoms with E-state index < -0.39 is 23.3 Å². The van der Waals surface area contributed by atoms with E-state index >= 15 is 0 Å². The smallest absolute Gasteiger partial charge is 0.298 e. The van der Waals surface area contributed by atoms with Gasteiger partial charge < -0.3 is 0 Å². The van der Waals surface area contributed by atoms with Crippen molar-refractivity contribution in [2.45, 2.75) is 25.9 Å². The van der Waals surface area contributed by atoms with Crippen LogP contribution in [0.5, 0.6) is 0 Å². The molecule has 0 spiro atoms. The Hall–Kier alpha value is -2.68. The molecule has 3 aromatic rings. The lowest BCUT2D eigenvalue weighted by molar-refractivity contribution is -0.143. The molecule has 26 heavy (non-hydrogen) atoms. The van der Waals surface area contributed by atoms with E-state index in [-0.39, 0.29) is 16.7 Å². The van der Waals surface area contributed by atoms with Gasteiger partial charge in [-0.2, -0.15) is 18.3 Å². The molecule has 0 fully saturated rings. The van der Waals surface area contributed by atoms with Crippen LogP contribution in [0.3, 0.4) is 0 Å². The number of carbonyl (C=O) groups is 1. The van der Waals surface area contributed by atoms with Crippen molar-refractivity contribution >= 4 is 22.4 Å². The van der Waals surface area contributed by atoms with Crippen LogP contribution >= 0.6 is 11.3 Å². The Labute approximate surface area is 151 Å². The molecule has 1 N–H and O–H groups in total. The van der Waals surface area contributed by atoms with Crippen molar-refractivity contribution in [3.63, 3.8) is 0 Å². The minimum Gasteiger partial charge on any atom is -0.298 e. The fourth-order valence-electron chi connectivity index (χ4n) is 2.33. The van der Waals surface area contributed by atoms with Gasteiger partial charge in [0.2, 0.25) is 0 Å². The normalized spacial score (nSPS) is 11.8. The van der Waals surface area contributed by atoms with Gasteiger partial charge in [-0.05, 0) is 18.1 Å². The summed E-state index contributed by atoms with van der Waals surface area (Å²) in [5.74, 6) is -0.743. The van der Waals surface area contributed by atoms with Crippen LogP contribution in [0, 0.1) is 0 Å². The zero-order chi connectivity index (χ0) is 18.9. The molecule has 3 rings (SSSR count). The first-order valence-corrected chi connectivity index (χ1v) is 8.62. The van der Waals surface area contributed by atoms with E-state index in [1.54, 1.807) is 23.6 Å². The molecule has 9 heteroatoms. The first kappa shape index (κ1) is 18.1. The quantitative estimate of drug-likeness (QED) is 0.712. The molecule has 0 bridgehead atoms. The number of benzene rings is 1. The number of amides is 1. The molecule has 0 unspecified atom stereocenters. The first-order chi connectivity index (χ1) is 12.3. The fraction of sp³-hybridized carbons (Fsp3) is 0.235. The van der Waals surface area contributed by atoms with Crippen LogP contribution in [0.25, 0.3) is 5.69 Å². The third-order valence-electron chi connectivity index (χ3n) is 3.62. The molecule has 5 nitrogen and oxygen atoms in total. The molecule has 0 saturated heterocycles. The van der Waals surface area contributed by atoms with Crippen LogP contribution in [-0.2, 0) is 6.18 Å². The van der Waals surface area contributed by atoms with Gasteiger partial charge in [0.25, 0.3) is 5.91 Å². The lowest BCUT2D eigenvalue weighted by atomic mass is 10.2. The number of thiazole rings is 1. The monoisotopic (exact) mass is 380 g/mol. The maximum atomic E-state index is 13.6. The highest BCUT2D eigenvalue weighted by Gasteiger charge is 2.40. The van der Waals surface area contributed by atoms with E-state index in [0.717, 1.165) is 16.6 Å². The molecule has 1 amide bonds. The number of nitrogens with zero attached hydrogens (tertiary/aromatic N) is 3. The molecule has 0 radical (unpaired) electrons. The Kier molecular flexibility index (Phi) is 4.82. The molecule has 0 aliphatic heterocycles. The first-order valence-electron chi connectivity index (χ1n) is 7.74. The second kappa shape index (κ2) is 6.91. The topological polar surface area (TPSA) is 59.8 Å². The fourth-order valence-corrected chi connectivity index (χ4v) is 3.19. The highest BCUT2D eigenvalue weighted by atomic mass is 32.1. The summed E-state index contributed by atoms with van der Waals surface area (Å²) in [6.07, 6.45) is -3.83. The van der Waals surface area contributed by atoms with Crippen LogP contribution in [0.2, 0.25) is 0 Å². The van der Waals surface area contributed by atoms with E-state index in [1.165, 1.54) is 23.5 Å². The number of para-hydroxylation sites is 1. The van der Waals surface area contributed by atoms with Gasteiger partial charge in [0.05, 0.1) is 23.1 Å².